The highest BCUT2D eigenvalue weighted by atomic mass is 31.2. The molecular weight excluding hydrogens is 814 g/mol. The minimum atomic E-state index is -4.87. The molecule has 0 spiro atoms. The van der Waals surface area contributed by atoms with Crippen molar-refractivity contribution in [2.24, 2.45) is 0 Å². The Morgan fingerprint density at radius 2 is 1.10 bits per heavy atom. The number of esters is 2. The average Bonchev–Trinajstić information content (AvgIpc) is 3.96. The van der Waals surface area contributed by atoms with E-state index in [-0.39, 0.29) is 12.8 Å². The minimum absolute atomic E-state index is 0.0989. The van der Waals surface area contributed by atoms with E-state index in [9.17, 15) is 28.7 Å². The van der Waals surface area contributed by atoms with Gasteiger partial charge in [0.15, 0.2) is 6.10 Å². The van der Waals surface area contributed by atoms with Gasteiger partial charge in [0.1, 0.15) is 12.7 Å². The predicted molar refractivity (Wildman–Crippen MR) is 234 cm³/mol. The van der Waals surface area contributed by atoms with Crippen LogP contribution in [0.2, 0.25) is 0 Å². The standard InChI is InChI=1S/C44H78O14P2/c1-3-5-7-8-9-10-11-12-13-14-15-16-17-18-22-25-29-33-43(46)53-37-40(38-56-60(51,52)55-36-39(45)35-54-59(48,49)50)57-44(47)34-30-26-23-20-19-21-24-28-32-42-41(58-42)31-27-6-4-2/h12-13,15-16,18,22,24,28,39-42,45H,3-11,14,17,19-21,23,25-27,29-38H2,1-2H3,(H,51,52)(H2,48,49,50)/b13-12-,16-15-,22-18-,28-24-/t39-,40+,41?,42?/m0/s1. The number of phosphoric ester groups is 2. The second-order valence-corrected chi connectivity index (χ2v) is 18.0. The number of aliphatic hydroxyl groups is 1. The molecule has 3 unspecified atom stereocenters. The maximum Gasteiger partial charge on any atom is 0.472 e. The summed E-state index contributed by atoms with van der Waals surface area (Å²) in [5, 5.41) is 9.75. The van der Waals surface area contributed by atoms with Crippen LogP contribution >= 0.6 is 15.6 Å². The van der Waals surface area contributed by atoms with Crippen LogP contribution in [0, 0.1) is 0 Å². The van der Waals surface area contributed by atoms with Crippen LogP contribution in [0.3, 0.4) is 0 Å². The maximum absolute atomic E-state index is 12.7. The van der Waals surface area contributed by atoms with Crippen molar-refractivity contribution in [2.75, 3.05) is 26.4 Å². The molecule has 348 valence electrons. The van der Waals surface area contributed by atoms with Crippen LogP contribution in [0.15, 0.2) is 48.6 Å². The lowest BCUT2D eigenvalue weighted by Crippen LogP contribution is -2.30. The fraction of sp³-hybridized carbons (Fsp3) is 0.773. The van der Waals surface area contributed by atoms with Gasteiger partial charge in [0.05, 0.1) is 32.0 Å². The fourth-order valence-electron chi connectivity index (χ4n) is 6.08. The summed E-state index contributed by atoms with van der Waals surface area (Å²) in [4.78, 5) is 52.7. The number of hydrogen-bond acceptors (Lipinski definition) is 11. The Morgan fingerprint density at radius 1 is 0.583 bits per heavy atom. The Balaban J connectivity index is 2.39. The number of epoxide rings is 1. The predicted octanol–water partition coefficient (Wildman–Crippen LogP) is 10.4. The molecular formula is C44H78O14P2. The fourth-order valence-corrected chi connectivity index (χ4v) is 7.23. The van der Waals surface area contributed by atoms with Crippen molar-refractivity contribution < 1.29 is 66.3 Å². The van der Waals surface area contributed by atoms with Crippen molar-refractivity contribution in [3.05, 3.63) is 48.6 Å². The Labute approximate surface area is 360 Å². The van der Waals surface area contributed by atoms with Gasteiger partial charge in [-0.05, 0) is 70.6 Å². The molecule has 0 amide bonds. The topological polar surface area (TPSA) is 208 Å². The average molecular weight is 893 g/mol. The van der Waals surface area contributed by atoms with Crippen molar-refractivity contribution in [2.45, 2.75) is 192 Å². The van der Waals surface area contributed by atoms with Gasteiger partial charge in [-0.25, -0.2) is 9.13 Å². The Bertz CT molecular complexity index is 1310. The first-order valence-corrected chi connectivity index (χ1v) is 25.5. The quantitative estimate of drug-likeness (QED) is 0.0148. The lowest BCUT2D eigenvalue weighted by Gasteiger charge is -2.20. The van der Waals surface area contributed by atoms with Gasteiger partial charge in [-0.15, -0.1) is 0 Å². The van der Waals surface area contributed by atoms with Crippen molar-refractivity contribution in [1.82, 2.24) is 0 Å². The van der Waals surface area contributed by atoms with E-state index in [0.29, 0.717) is 31.5 Å². The molecule has 0 radical (unpaired) electrons. The van der Waals surface area contributed by atoms with E-state index in [2.05, 4.69) is 59.4 Å². The third kappa shape index (κ3) is 36.7. The summed E-state index contributed by atoms with van der Waals surface area (Å²) in [5.74, 6) is -1.11. The van der Waals surface area contributed by atoms with Crippen molar-refractivity contribution in [3.8, 4) is 0 Å². The molecule has 1 saturated heterocycles. The lowest BCUT2D eigenvalue weighted by atomic mass is 10.1. The second-order valence-electron chi connectivity index (χ2n) is 15.4. The van der Waals surface area contributed by atoms with Gasteiger partial charge in [0, 0.05) is 12.8 Å². The number of carbonyl (C=O) groups is 2. The molecule has 1 aliphatic rings. The third-order valence-electron chi connectivity index (χ3n) is 9.60. The molecule has 5 atom stereocenters. The van der Waals surface area contributed by atoms with Crippen LogP contribution in [-0.4, -0.2) is 82.6 Å². The zero-order chi connectivity index (χ0) is 44.2. The zero-order valence-corrected chi connectivity index (χ0v) is 38.3. The van der Waals surface area contributed by atoms with E-state index in [1.165, 1.54) is 57.8 Å². The monoisotopic (exact) mass is 892 g/mol. The van der Waals surface area contributed by atoms with Crippen LogP contribution in [-0.2, 0) is 46.5 Å². The molecule has 0 aromatic carbocycles. The van der Waals surface area contributed by atoms with E-state index in [0.717, 1.165) is 64.2 Å². The van der Waals surface area contributed by atoms with Gasteiger partial charge in [-0.3, -0.25) is 23.2 Å². The maximum atomic E-state index is 12.7. The highest BCUT2D eigenvalue weighted by Gasteiger charge is 2.36. The van der Waals surface area contributed by atoms with Crippen LogP contribution in [0.1, 0.15) is 168 Å². The number of ether oxygens (including phenoxy) is 3. The Hall–Kier alpha value is -1.96. The second kappa shape index (κ2) is 36.5. The Morgan fingerprint density at radius 3 is 1.75 bits per heavy atom. The molecule has 16 heteroatoms. The van der Waals surface area contributed by atoms with E-state index < -0.39 is 66.2 Å². The number of aliphatic hydroxyl groups excluding tert-OH is 1. The highest BCUT2D eigenvalue weighted by Crippen LogP contribution is 2.44. The van der Waals surface area contributed by atoms with Gasteiger partial charge in [0.2, 0.25) is 0 Å². The largest absolute Gasteiger partial charge is 0.472 e. The van der Waals surface area contributed by atoms with Gasteiger partial charge in [-0.1, -0.05) is 133 Å². The zero-order valence-electron chi connectivity index (χ0n) is 36.5. The van der Waals surface area contributed by atoms with Crippen LogP contribution in [0.4, 0.5) is 0 Å². The van der Waals surface area contributed by atoms with Crippen LogP contribution in [0.5, 0.6) is 0 Å². The molecule has 0 saturated carbocycles. The first-order chi connectivity index (χ1) is 28.8. The first kappa shape index (κ1) is 56.1. The van der Waals surface area contributed by atoms with E-state index in [1.54, 1.807) is 0 Å². The summed E-state index contributed by atoms with van der Waals surface area (Å²) in [6, 6.07) is 0. The van der Waals surface area contributed by atoms with Gasteiger partial charge in [0.25, 0.3) is 0 Å². The van der Waals surface area contributed by atoms with Crippen molar-refractivity contribution in [3.63, 3.8) is 0 Å². The summed E-state index contributed by atoms with van der Waals surface area (Å²) in [6.45, 7) is 1.65. The van der Waals surface area contributed by atoms with Gasteiger partial charge >= 0.3 is 27.6 Å². The molecule has 1 rings (SSSR count). The van der Waals surface area contributed by atoms with Gasteiger partial charge in [-0.2, -0.15) is 0 Å². The van der Waals surface area contributed by atoms with E-state index in [1.807, 2.05) is 12.2 Å². The highest BCUT2D eigenvalue weighted by molar-refractivity contribution is 7.47. The number of rotatable bonds is 41. The SMILES string of the molecule is CCCCCCCC/C=C\C/C=C\C/C=C\CCCC(=O)OC[C@H](COP(=O)(O)OC[C@@H](O)COP(=O)(O)O)OC(=O)CCCCCCC/C=C\CC1OC1CCCCC. The summed E-state index contributed by atoms with van der Waals surface area (Å²) in [7, 11) is -9.70. The molecule has 1 aliphatic heterocycles. The number of allylic oxidation sites excluding steroid dienone is 7. The third-order valence-corrected chi connectivity index (χ3v) is 11.0. The van der Waals surface area contributed by atoms with Crippen LogP contribution < -0.4 is 0 Å². The summed E-state index contributed by atoms with van der Waals surface area (Å²) in [6.07, 6.45) is 38.5. The number of hydrogen-bond donors (Lipinski definition) is 4. The number of unbranched alkanes of at least 4 members (excludes halogenated alkanes) is 14. The molecule has 0 aromatic rings. The first-order valence-electron chi connectivity index (χ1n) is 22.5. The molecule has 0 aromatic heterocycles. The number of carbonyl (C=O) groups excluding carboxylic acids is 2. The molecule has 1 heterocycles. The van der Waals surface area contributed by atoms with Crippen molar-refractivity contribution >= 4 is 27.6 Å². The minimum Gasteiger partial charge on any atom is -0.462 e. The number of phosphoric acid groups is 2. The summed E-state index contributed by atoms with van der Waals surface area (Å²) < 4.78 is 53.5. The van der Waals surface area contributed by atoms with E-state index in [4.69, 9.17) is 28.5 Å². The normalized spacial score (nSPS) is 17.8. The smallest absolute Gasteiger partial charge is 0.462 e. The Kier molecular flexibility index (Phi) is 34.1. The molecule has 14 nitrogen and oxygen atoms in total. The summed E-state index contributed by atoms with van der Waals surface area (Å²) >= 11 is 0. The summed E-state index contributed by atoms with van der Waals surface area (Å²) in [5.41, 5.74) is 0. The molecule has 1 fully saturated rings. The molecule has 0 bridgehead atoms. The molecule has 60 heavy (non-hydrogen) atoms. The lowest BCUT2D eigenvalue weighted by molar-refractivity contribution is -0.161. The van der Waals surface area contributed by atoms with Crippen molar-refractivity contribution in [1.29, 1.82) is 0 Å². The van der Waals surface area contributed by atoms with E-state index >= 15 is 0 Å². The molecule has 4 N–H and O–H groups in total. The van der Waals surface area contributed by atoms with Crippen LogP contribution in [0.25, 0.3) is 0 Å². The van der Waals surface area contributed by atoms with Gasteiger partial charge < -0.3 is 34.0 Å². The molecule has 0 aliphatic carbocycles.